The van der Waals surface area contributed by atoms with E-state index in [0.29, 0.717) is 25.2 Å². The van der Waals surface area contributed by atoms with Crippen LogP contribution < -0.4 is 0 Å². The van der Waals surface area contributed by atoms with Crippen molar-refractivity contribution in [1.82, 2.24) is 0 Å². The molecule has 1 rings (SSSR count). The smallest absolute Gasteiger partial charge is 0.112 e. The topological polar surface area (TPSA) is 0 Å². The van der Waals surface area contributed by atoms with E-state index >= 15 is 4.39 Å². The van der Waals surface area contributed by atoms with Gasteiger partial charge in [0.05, 0.1) is 0 Å². The number of allylic oxidation sites excluding steroid dienone is 9. The number of rotatable bonds is 11. The van der Waals surface area contributed by atoms with Crippen molar-refractivity contribution in [1.29, 1.82) is 0 Å². The van der Waals surface area contributed by atoms with Crippen LogP contribution in [0.4, 0.5) is 4.39 Å². The standard InChI is InChI=1S/C33H51F/c1-12-16-26(5)29(17-13-2)22-28(23-33(34)21-20-32(10,11)24-33)18-15-19-30(25(4)14-3)27(6)31(7,8)9/h3,12,15-16,19,22,27-28H,1,13,17-18,20-21,23-24H2,2,4-11H3/b19-15+,26-16+,29-22+,30-25-. The lowest BCUT2D eigenvalue weighted by Crippen LogP contribution is -2.24. The molecule has 0 nitrogen and oxygen atoms in total. The molecule has 0 N–H and O–H groups in total. The van der Waals surface area contributed by atoms with Crippen molar-refractivity contribution < 1.29 is 4.39 Å². The number of alkyl halides is 1. The van der Waals surface area contributed by atoms with Crippen molar-refractivity contribution in [2.75, 3.05) is 0 Å². The number of hydrogen-bond donors (Lipinski definition) is 0. The molecule has 0 aromatic carbocycles. The van der Waals surface area contributed by atoms with Crippen LogP contribution in [0.1, 0.15) is 107 Å². The summed E-state index contributed by atoms with van der Waals surface area (Å²) in [5.41, 5.74) is 3.88. The largest absolute Gasteiger partial charge is 0.244 e. The van der Waals surface area contributed by atoms with Crippen LogP contribution in [0, 0.1) is 35.0 Å². The van der Waals surface area contributed by atoms with E-state index in [4.69, 9.17) is 6.42 Å². The van der Waals surface area contributed by atoms with Crippen molar-refractivity contribution >= 4 is 0 Å². The lowest BCUT2D eigenvalue weighted by Gasteiger charge is -2.29. The molecular weight excluding hydrogens is 415 g/mol. The molecule has 3 unspecified atom stereocenters. The highest BCUT2D eigenvalue weighted by Gasteiger charge is 2.44. The molecule has 1 heteroatoms. The summed E-state index contributed by atoms with van der Waals surface area (Å²) >= 11 is 0. The van der Waals surface area contributed by atoms with Crippen LogP contribution in [-0.2, 0) is 0 Å². The highest BCUT2D eigenvalue weighted by Crippen LogP contribution is 2.49. The molecule has 0 saturated heterocycles. The van der Waals surface area contributed by atoms with Crippen LogP contribution in [0.2, 0.25) is 0 Å². The summed E-state index contributed by atoms with van der Waals surface area (Å²) in [6.45, 7) is 23.6. The molecule has 0 amide bonds. The molecule has 0 spiro atoms. The number of hydrogen-bond acceptors (Lipinski definition) is 0. The first-order chi connectivity index (χ1) is 15.7. The van der Waals surface area contributed by atoms with Crippen LogP contribution in [-0.4, -0.2) is 5.67 Å². The SMILES string of the molecule is C#C/C(C)=C(/C=C/CC(/C=C(CCC)/C(C)=C/C=C)CC1(F)CCC(C)(C)C1)C(C)C(C)(C)C. The van der Waals surface area contributed by atoms with Gasteiger partial charge >= 0.3 is 0 Å². The molecule has 1 aliphatic carbocycles. The second-order valence-electron chi connectivity index (χ2n) is 12.4. The van der Waals surface area contributed by atoms with Crippen LogP contribution in [0.3, 0.4) is 0 Å². The Labute approximate surface area is 211 Å². The van der Waals surface area contributed by atoms with Gasteiger partial charge in [-0.2, -0.15) is 0 Å². The molecule has 190 valence electrons. The lowest BCUT2D eigenvalue weighted by atomic mass is 9.76. The molecule has 0 aromatic heterocycles. The number of halogens is 1. The maximum atomic E-state index is 16.0. The quantitative estimate of drug-likeness (QED) is 0.210. The predicted molar refractivity (Wildman–Crippen MR) is 150 cm³/mol. The van der Waals surface area contributed by atoms with Gasteiger partial charge in [0, 0.05) is 5.57 Å². The van der Waals surface area contributed by atoms with Gasteiger partial charge < -0.3 is 0 Å². The summed E-state index contributed by atoms with van der Waals surface area (Å²) in [5, 5.41) is 0. The van der Waals surface area contributed by atoms with Crippen molar-refractivity contribution in [2.45, 2.75) is 113 Å². The van der Waals surface area contributed by atoms with Crippen LogP contribution in [0.15, 0.2) is 59.3 Å². The monoisotopic (exact) mass is 466 g/mol. The van der Waals surface area contributed by atoms with Crippen LogP contribution in [0.25, 0.3) is 0 Å². The Morgan fingerprint density at radius 2 is 1.85 bits per heavy atom. The van der Waals surface area contributed by atoms with Crippen molar-refractivity contribution in [3.05, 3.63) is 59.3 Å². The van der Waals surface area contributed by atoms with Crippen LogP contribution >= 0.6 is 0 Å². The van der Waals surface area contributed by atoms with E-state index in [0.717, 1.165) is 31.3 Å². The van der Waals surface area contributed by atoms with Gasteiger partial charge in [0.15, 0.2) is 0 Å². The maximum Gasteiger partial charge on any atom is 0.112 e. The normalized spacial score (nSPS) is 24.0. The molecule has 3 atom stereocenters. The van der Waals surface area contributed by atoms with E-state index < -0.39 is 5.67 Å². The molecule has 34 heavy (non-hydrogen) atoms. The minimum atomic E-state index is -1.09. The summed E-state index contributed by atoms with van der Waals surface area (Å²) in [5.74, 6) is 3.34. The average Bonchev–Trinajstić information content (AvgIpc) is 3.01. The van der Waals surface area contributed by atoms with E-state index in [2.05, 4.69) is 92.2 Å². The predicted octanol–water partition coefficient (Wildman–Crippen LogP) is 10.3. The molecule has 0 heterocycles. The third-order valence-corrected chi connectivity index (χ3v) is 7.66. The van der Waals surface area contributed by atoms with E-state index in [1.807, 2.05) is 13.0 Å². The first kappa shape index (κ1) is 30.2. The molecule has 0 aliphatic heterocycles. The fourth-order valence-electron chi connectivity index (χ4n) is 5.21. The van der Waals surface area contributed by atoms with E-state index in [9.17, 15) is 0 Å². The molecular formula is C33H51F. The highest BCUT2D eigenvalue weighted by molar-refractivity contribution is 5.38. The van der Waals surface area contributed by atoms with Gasteiger partial charge in [0.25, 0.3) is 0 Å². The van der Waals surface area contributed by atoms with Crippen LogP contribution in [0.5, 0.6) is 0 Å². The zero-order valence-corrected chi connectivity index (χ0v) is 23.7. The molecule has 0 radical (unpaired) electrons. The Morgan fingerprint density at radius 1 is 1.21 bits per heavy atom. The second kappa shape index (κ2) is 12.8. The third kappa shape index (κ3) is 9.44. The van der Waals surface area contributed by atoms with E-state index in [-0.39, 0.29) is 16.7 Å². The van der Waals surface area contributed by atoms with Gasteiger partial charge in [-0.05, 0) is 91.8 Å². The first-order valence-corrected chi connectivity index (χ1v) is 13.2. The number of terminal acetylenes is 1. The summed E-state index contributed by atoms with van der Waals surface area (Å²) in [6.07, 6.45) is 22.2. The molecule has 0 aromatic rings. The summed E-state index contributed by atoms with van der Waals surface area (Å²) in [4.78, 5) is 0. The first-order valence-electron chi connectivity index (χ1n) is 13.2. The molecule has 1 saturated carbocycles. The fourth-order valence-corrected chi connectivity index (χ4v) is 5.21. The van der Waals surface area contributed by atoms with Gasteiger partial charge in [-0.25, -0.2) is 4.39 Å². The van der Waals surface area contributed by atoms with Crippen molar-refractivity contribution in [3.63, 3.8) is 0 Å². The van der Waals surface area contributed by atoms with Gasteiger partial charge in [0.2, 0.25) is 0 Å². The highest BCUT2D eigenvalue weighted by atomic mass is 19.1. The second-order valence-corrected chi connectivity index (χ2v) is 12.4. The Bertz CT molecular complexity index is 846. The third-order valence-electron chi connectivity index (χ3n) is 7.66. The van der Waals surface area contributed by atoms with Crippen molar-refractivity contribution in [2.24, 2.45) is 22.7 Å². The average molecular weight is 467 g/mol. The zero-order chi connectivity index (χ0) is 26.2. The zero-order valence-electron chi connectivity index (χ0n) is 23.7. The summed E-state index contributed by atoms with van der Waals surface area (Å²) < 4.78 is 16.0. The Morgan fingerprint density at radius 3 is 2.32 bits per heavy atom. The van der Waals surface area contributed by atoms with Gasteiger partial charge in [-0.15, -0.1) is 6.42 Å². The van der Waals surface area contributed by atoms with E-state index in [1.165, 1.54) is 16.7 Å². The lowest BCUT2D eigenvalue weighted by molar-refractivity contribution is 0.125. The molecule has 1 fully saturated rings. The Hall–Kier alpha value is -1.81. The molecule has 1 aliphatic rings. The Balaban J connectivity index is 3.32. The van der Waals surface area contributed by atoms with Gasteiger partial charge in [-0.3, -0.25) is 0 Å². The summed E-state index contributed by atoms with van der Waals surface area (Å²) in [7, 11) is 0. The maximum absolute atomic E-state index is 16.0. The fraction of sp³-hybridized carbons (Fsp3) is 0.636. The minimum Gasteiger partial charge on any atom is -0.244 e. The van der Waals surface area contributed by atoms with Crippen molar-refractivity contribution in [3.8, 4) is 12.3 Å². The van der Waals surface area contributed by atoms with Gasteiger partial charge in [-0.1, -0.05) is 97.8 Å². The summed E-state index contributed by atoms with van der Waals surface area (Å²) in [6, 6.07) is 0. The van der Waals surface area contributed by atoms with Gasteiger partial charge in [0.1, 0.15) is 5.67 Å². The Kier molecular flexibility index (Phi) is 11.3. The minimum absolute atomic E-state index is 0.0890. The van der Waals surface area contributed by atoms with E-state index in [1.54, 1.807) is 0 Å². The molecule has 0 bridgehead atoms.